The van der Waals surface area contributed by atoms with E-state index >= 15 is 0 Å². The Bertz CT molecular complexity index is 478. The van der Waals surface area contributed by atoms with Gasteiger partial charge in [0.1, 0.15) is 0 Å². The van der Waals surface area contributed by atoms with E-state index in [2.05, 4.69) is 27.5 Å². The van der Waals surface area contributed by atoms with Crippen LogP contribution in [0.3, 0.4) is 0 Å². The maximum atomic E-state index is 5.64. The van der Waals surface area contributed by atoms with Gasteiger partial charge in [-0.3, -0.25) is 0 Å². The molecule has 0 amide bonds. The standard InChI is InChI=1S/C16H24N4O/c1-2-17-16(20-14-6-7-14)19-10-13-5-8-15(18-9-13)21-11-12-3-4-12/h5,8-9,12,14H,2-4,6-7,10-11H2,1H3,(H2,17,19,20). The second-order valence-corrected chi connectivity index (χ2v) is 5.87. The zero-order chi connectivity index (χ0) is 14.5. The predicted molar refractivity (Wildman–Crippen MR) is 83.4 cm³/mol. The number of pyridine rings is 1. The fraction of sp³-hybridized carbons (Fsp3) is 0.625. The van der Waals surface area contributed by atoms with Crippen LogP contribution in [0.2, 0.25) is 0 Å². The molecule has 2 N–H and O–H groups in total. The number of aromatic nitrogens is 1. The number of nitrogens with zero attached hydrogens (tertiary/aromatic N) is 2. The van der Waals surface area contributed by atoms with Crippen LogP contribution >= 0.6 is 0 Å². The molecule has 0 saturated heterocycles. The number of ether oxygens (including phenoxy) is 1. The first kappa shape index (κ1) is 14.2. The van der Waals surface area contributed by atoms with Crippen molar-refractivity contribution in [3.8, 4) is 5.88 Å². The molecule has 1 aromatic heterocycles. The maximum absolute atomic E-state index is 5.64. The van der Waals surface area contributed by atoms with Crippen molar-refractivity contribution in [2.45, 2.75) is 45.2 Å². The summed E-state index contributed by atoms with van der Waals surface area (Å²) in [7, 11) is 0. The topological polar surface area (TPSA) is 58.5 Å². The van der Waals surface area contributed by atoms with Crippen molar-refractivity contribution in [1.29, 1.82) is 0 Å². The molecule has 0 unspecified atom stereocenters. The molecule has 0 bridgehead atoms. The Morgan fingerprint density at radius 3 is 2.81 bits per heavy atom. The van der Waals surface area contributed by atoms with Crippen LogP contribution in [0.5, 0.6) is 5.88 Å². The van der Waals surface area contributed by atoms with E-state index in [4.69, 9.17) is 4.74 Å². The molecule has 2 saturated carbocycles. The highest BCUT2D eigenvalue weighted by Crippen LogP contribution is 2.29. The number of aliphatic imine (C=N–C) groups is 1. The van der Waals surface area contributed by atoms with E-state index in [1.54, 1.807) is 0 Å². The third-order valence-electron chi connectivity index (χ3n) is 3.64. The van der Waals surface area contributed by atoms with Gasteiger partial charge in [-0.25, -0.2) is 9.98 Å². The summed E-state index contributed by atoms with van der Waals surface area (Å²) >= 11 is 0. The van der Waals surface area contributed by atoms with Crippen LogP contribution in [-0.4, -0.2) is 30.1 Å². The molecule has 1 heterocycles. The Kier molecular flexibility index (Phi) is 4.58. The van der Waals surface area contributed by atoms with Gasteiger partial charge in [0.05, 0.1) is 13.2 Å². The van der Waals surface area contributed by atoms with Crippen LogP contribution in [0.4, 0.5) is 0 Å². The zero-order valence-corrected chi connectivity index (χ0v) is 12.6. The van der Waals surface area contributed by atoms with Crippen molar-refractivity contribution in [2.24, 2.45) is 10.9 Å². The third kappa shape index (κ3) is 4.92. The minimum Gasteiger partial charge on any atom is -0.477 e. The Morgan fingerprint density at radius 2 is 2.19 bits per heavy atom. The van der Waals surface area contributed by atoms with Crippen LogP contribution in [0.1, 0.15) is 38.2 Å². The van der Waals surface area contributed by atoms with Gasteiger partial charge < -0.3 is 15.4 Å². The fourth-order valence-corrected chi connectivity index (χ4v) is 1.99. The predicted octanol–water partition coefficient (Wildman–Crippen LogP) is 2.09. The van der Waals surface area contributed by atoms with Gasteiger partial charge in [0.15, 0.2) is 5.96 Å². The number of nitrogens with one attached hydrogen (secondary N) is 2. The average Bonchev–Trinajstić information content (AvgIpc) is 3.38. The number of rotatable bonds is 7. The van der Waals surface area contributed by atoms with Gasteiger partial charge in [0, 0.05) is 24.8 Å². The van der Waals surface area contributed by atoms with Crippen molar-refractivity contribution in [1.82, 2.24) is 15.6 Å². The normalized spacial score (nSPS) is 18.4. The summed E-state index contributed by atoms with van der Waals surface area (Å²) in [5.74, 6) is 2.37. The lowest BCUT2D eigenvalue weighted by atomic mass is 10.3. The van der Waals surface area contributed by atoms with Crippen LogP contribution in [-0.2, 0) is 6.54 Å². The summed E-state index contributed by atoms with van der Waals surface area (Å²) in [5, 5.41) is 6.68. The first-order valence-electron chi connectivity index (χ1n) is 7.96. The van der Waals surface area contributed by atoms with E-state index in [1.807, 2.05) is 18.3 Å². The molecule has 2 fully saturated rings. The quantitative estimate of drug-likeness (QED) is 0.596. The number of guanidine groups is 1. The van der Waals surface area contributed by atoms with Gasteiger partial charge in [-0.2, -0.15) is 0 Å². The van der Waals surface area contributed by atoms with E-state index in [1.165, 1.54) is 25.7 Å². The van der Waals surface area contributed by atoms with E-state index in [0.29, 0.717) is 12.6 Å². The molecule has 3 rings (SSSR count). The number of hydrogen-bond donors (Lipinski definition) is 2. The molecule has 2 aliphatic carbocycles. The molecular weight excluding hydrogens is 264 g/mol. The van der Waals surface area contributed by atoms with Crippen molar-refractivity contribution in [3.05, 3.63) is 23.9 Å². The van der Waals surface area contributed by atoms with Gasteiger partial charge in [-0.05, 0) is 44.1 Å². The van der Waals surface area contributed by atoms with Gasteiger partial charge in [-0.15, -0.1) is 0 Å². The van der Waals surface area contributed by atoms with Crippen molar-refractivity contribution in [2.75, 3.05) is 13.2 Å². The fourth-order valence-electron chi connectivity index (χ4n) is 1.99. The van der Waals surface area contributed by atoms with E-state index in [-0.39, 0.29) is 0 Å². The van der Waals surface area contributed by atoms with Crippen molar-refractivity contribution < 1.29 is 4.74 Å². The minimum absolute atomic E-state index is 0.610. The Morgan fingerprint density at radius 1 is 1.33 bits per heavy atom. The second-order valence-electron chi connectivity index (χ2n) is 5.87. The molecule has 0 aromatic carbocycles. The summed E-state index contributed by atoms with van der Waals surface area (Å²) in [6.07, 6.45) is 6.95. The first-order valence-corrected chi connectivity index (χ1v) is 7.96. The van der Waals surface area contributed by atoms with Crippen LogP contribution < -0.4 is 15.4 Å². The van der Waals surface area contributed by atoms with Crippen LogP contribution in [0.15, 0.2) is 23.3 Å². The number of hydrogen-bond acceptors (Lipinski definition) is 3. The molecule has 0 radical (unpaired) electrons. The van der Waals surface area contributed by atoms with Crippen molar-refractivity contribution in [3.63, 3.8) is 0 Å². The summed E-state index contributed by atoms with van der Waals surface area (Å²) in [6, 6.07) is 4.59. The summed E-state index contributed by atoms with van der Waals surface area (Å²) in [5.41, 5.74) is 1.10. The summed E-state index contributed by atoms with van der Waals surface area (Å²) in [4.78, 5) is 8.93. The molecule has 114 valence electrons. The molecule has 21 heavy (non-hydrogen) atoms. The highest BCUT2D eigenvalue weighted by atomic mass is 16.5. The summed E-state index contributed by atoms with van der Waals surface area (Å²) < 4.78 is 5.64. The molecule has 5 nitrogen and oxygen atoms in total. The molecule has 0 aliphatic heterocycles. The monoisotopic (exact) mass is 288 g/mol. The van der Waals surface area contributed by atoms with Crippen LogP contribution in [0.25, 0.3) is 0 Å². The van der Waals surface area contributed by atoms with E-state index in [0.717, 1.165) is 36.5 Å². The molecule has 2 aliphatic rings. The van der Waals surface area contributed by atoms with Gasteiger partial charge in [0.25, 0.3) is 0 Å². The SMILES string of the molecule is CCNC(=NCc1ccc(OCC2CC2)nc1)NC1CC1. The molecule has 0 atom stereocenters. The molecule has 5 heteroatoms. The Labute approximate surface area is 126 Å². The minimum atomic E-state index is 0.610. The lowest BCUT2D eigenvalue weighted by Gasteiger charge is -2.10. The molecule has 1 aromatic rings. The highest BCUT2D eigenvalue weighted by molar-refractivity contribution is 5.80. The highest BCUT2D eigenvalue weighted by Gasteiger charge is 2.22. The maximum Gasteiger partial charge on any atom is 0.213 e. The Hall–Kier alpha value is -1.78. The third-order valence-corrected chi connectivity index (χ3v) is 3.64. The van der Waals surface area contributed by atoms with Gasteiger partial charge in [-0.1, -0.05) is 6.07 Å². The zero-order valence-electron chi connectivity index (χ0n) is 12.6. The first-order chi connectivity index (χ1) is 10.3. The van der Waals surface area contributed by atoms with Gasteiger partial charge in [0.2, 0.25) is 5.88 Å². The lowest BCUT2D eigenvalue weighted by Crippen LogP contribution is -2.38. The molecule has 0 spiro atoms. The lowest BCUT2D eigenvalue weighted by molar-refractivity contribution is 0.288. The smallest absolute Gasteiger partial charge is 0.213 e. The average molecular weight is 288 g/mol. The molecular formula is C16H24N4O. The second kappa shape index (κ2) is 6.78. The Balaban J connectivity index is 1.50. The van der Waals surface area contributed by atoms with E-state index < -0.39 is 0 Å². The van der Waals surface area contributed by atoms with Gasteiger partial charge >= 0.3 is 0 Å². The largest absolute Gasteiger partial charge is 0.477 e. The summed E-state index contributed by atoms with van der Waals surface area (Å²) in [6.45, 7) is 4.40. The van der Waals surface area contributed by atoms with Crippen LogP contribution in [0, 0.1) is 5.92 Å². The van der Waals surface area contributed by atoms with E-state index in [9.17, 15) is 0 Å². The van der Waals surface area contributed by atoms with Crippen molar-refractivity contribution >= 4 is 5.96 Å².